The Morgan fingerprint density at radius 2 is 1.88 bits per heavy atom. The zero-order valence-electron chi connectivity index (χ0n) is 9.97. The summed E-state index contributed by atoms with van der Waals surface area (Å²) in [6, 6.07) is 8.73. The van der Waals surface area contributed by atoms with E-state index in [1.807, 2.05) is 6.07 Å². The minimum atomic E-state index is -3.19. The molecule has 0 bridgehead atoms. The molecule has 0 amide bonds. The molecule has 0 aliphatic carbocycles. The van der Waals surface area contributed by atoms with E-state index in [0.29, 0.717) is 11.4 Å². The van der Waals surface area contributed by atoms with Gasteiger partial charge in [-0.1, -0.05) is 12.1 Å². The van der Waals surface area contributed by atoms with Gasteiger partial charge in [0.05, 0.1) is 22.8 Å². The molecular weight excluding hydrogens is 236 g/mol. The standard InChI is InChI=1S/C12H16N2O2S/c1-10(2)17(15,16)12-5-3-11(4-6-12)9-14-8-7-13/h3-6,10,14H,8-9H2,1-2H3. The van der Waals surface area contributed by atoms with Crippen LogP contribution in [0, 0.1) is 11.3 Å². The SMILES string of the molecule is CC(C)S(=O)(=O)c1ccc(CNCC#N)cc1. The number of benzene rings is 1. The van der Waals surface area contributed by atoms with Crippen molar-refractivity contribution in [2.24, 2.45) is 0 Å². The van der Waals surface area contributed by atoms with Gasteiger partial charge >= 0.3 is 0 Å². The van der Waals surface area contributed by atoms with Gasteiger partial charge in [0.2, 0.25) is 0 Å². The monoisotopic (exact) mass is 252 g/mol. The highest BCUT2D eigenvalue weighted by Gasteiger charge is 2.18. The lowest BCUT2D eigenvalue weighted by molar-refractivity contribution is 0.587. The smallest absolute Gasteiger partial charge is 0.180 e. The van der Waals surface area contributed by atoms with Crippen LogP contribution in [-0.2, 0) is 16.4 Å². The van der Waals surface area contributed by atoms with Crippen molar-refractivity contribution in [1.82, 2.24) is 5.32 Å². The molecule has 5 heteroatoms. The Morgan fingerprint density at radius 1 is 1.29 bits per heavy atom. The van der Waals surface area contributed by atoms with Crippen LogP contribution < -0.4 is 5.32 Å². The van der Waals surface area contributed by atoms with Crippen molar-refractivity contribution in [3.63, 3.8) is 0 Å². The van der Waals surface area contributed by atoms with Gasteiger partial charge in [0.15, 0.2) is 9.84 Å². The summed E-state index contributed by atoms with van der Waals surface area (Å²) in [6.07, 6.45) is 0. The fourth-order valence-electron chi connectivity index (χ4n) is 1.33. The summed E-state index contributed by atoms with van der Waals surface area (Å²) in [5.74, 6) is 0. The Kier molecular flexibility index (Phi) is 4.67. The summed E-state index contributed by atoms with van der Waals surface area (Å²) in [7, 11) is -3.19. The van der Waals surface area contributed by atoms with Gasteiger partial charge in [0.1, 0.15) is 0 Å². The van der Waals surface area contributed by atoms with Crippen LogP contribution in [0.25, 0.3) is 0 Å². The van der Waals surface area contributed by atoms with Crippen LogP contribution in [0.3, 0.4) is 0 Å². The zero-order valence-corrected chi connectivity index (χ0v) is 10.8. The Morgan fingerprint density at radius 3 is 2.35 bits per heavy atom. The molecule has 0 aliphatic heterocycles. The van der Waals surface area contributed by atoms with Gasteiger partial charge in [-0.15, -0.1) is 0 Å². The second-order valence-electron chi connectivity index (χ2n) is 4.00. The van der Waals surface area contributed by atoms with Crippen LogP contribution in [0.15, 0.2) is 29.2 Å². The van der Waals surface area contributed by atoms with E-state index in [0.717, 1.165) is 5.56 Å². The summed E-state index contributed by atoms with van der Waals surface area (Å²) in [5.41, 5.74) is 0.961. The third kappa shape index (κ3) is 3.55. The predicted octanol–water partition coefficient (Wildman–Crippen LogP) is 1.48. The number of nitriles is 1. The Bertz CT molecular complexity index is 498. The molecular formula is C12H16N2O2S. The minimum Gasteiger partial charge on any atom is -0.300 e. The van der Waals surface area contributed by atoms with E-state index in [9.17, 15) is 8.42 Å². The molecule has 4 nitrogen and oxygen atoms in total. The lowest BCUT2D eigenvalue weighted by Crippen LogP contribution is -2.15. The summed E-state index contributed by atoms with van der Waals surface area (Å²) >= 11 is 0. The van der Waals surface area contributed by atoms with E-state index < -0.39 is 15.1 Å². The lowest BCUT2D eigenvalue weighted by atomic mass is 10.2. The second kappa shape index (κ2) is 5.80. The third-order valence-corrected chi connectivity index (χ3v) is 4.58. The van der Waals surface area contributed by atoms with Gasteiger partial charge in [0.25, 0.3) is 0 Å². The van der Waals surface area contributed by atoms with Gasteiger partial charge < -0.3 is 5.32 Å². The molecule has 0 atom stereocenters. The molecule has 1 aromatic carbocycles. The Hall–Kier alpha value is -1.38. The molecule has 0 unspecified atom stereocenters. The zero-order chi connectivity index (χ0) is 12.9. The molecule has 0 aromatic heterocycles. The lowest BCUT2D eigenvalue weighted by Gasteiger charge is -2.08. The van der Waals surface area contributed by atoms with E-state index >= 15 is 0 Å². The molecule has 0 radical (unpaired) electrons. The maximum absolute atomic E-state index is 11.8. The summed E-state index contributed by atoms with van der Waals surface area (Å²) in [4.78, 5) is 0.344. The molecule has 1 N–H and O–H groups in total. The molecule has 17 heavy (non-hydrogen) atoms. The summed E-state index contributed by atoms with van der Waals surface area (Å²) < 4.78 is 23.7. The largest absolute Gasteiger partial charge is 0.300 e. The highest BCUT2D eigenvalue weighted by Crippen LogP contribution is 2.16. The first-order chi connectivity index (χ1) is 7.98. The maximum Gasteiger partial charge on any atom is 0.180 e. The van der Waals surface area contributed by atoms with Crippen molar-refractivity contribution >= 4 is 9.84 Å². The fraction of sp³-hybridized carbons (Fsp3) is 0.417. The second-order valence-corrected chi connectivity index (χ2v) is 6.50. The number of hydrogen-bond donors (Lipinski definition) is 1. The van der Waals surface area contributed by atoms with Crippen molar-refractivity contribution in [3.05, 3.63) is 29.8 Å². The first-order valence-corrected chi connectivity index (χ1v) is 6.93. The molecule has 0 heterocycles. The van der Waals surface area contributed by atoms with Crippen molar-refractivity contribution < 1.29 is 8.42 Å². The van der Waals surface area contributed by atoms with Gasteiger partial charge in [-0.3, -0.25) is 0 Å². The van der Waals surface area contributed by atoms with Crippen LogP contribution in [-0.4, -0.2) is 20.2 Å². The van der Waals surface area contributed by atoms with Crippen LogP contribution in [0.2, 0.25) is 0 Å². The van der Waals surface area contributed by atoms with Crippen molar-refractivity contribution in [2.75, 3.05) is 6.54 Å². The molecule has 0 fully saturated rings. The van der Waals surface area contributed by atoms with E-state index in [1.165, 1.54) is 0 Å². The average molecular weight is 252 g/mol. The van der Waals surface area contributed by atoms with Crippen LogP contribution >= 0.6 is 0 Å². The molecule has 92 valence electrons. The molecule has 0 spiro atoms. The fourth-order valence-corrected chi connectivity index (χ4v) is 2.39. The van der Waals surface area contributed by atoms with Gasteiger partial charge in [-0.2, -0.15) is 5.26 Å². The molecule has 0 aliphatic rings. The number of rotatable bonds is 5. The van der Waals surface area contributed by atoms with Crippen LogP contribution in [0.4, 0.5) is 0 Å². The van der Waals surface area contributed by atoms with Gasteiger partial charge in [-0.05, 0) is 31.5 Å². The molecule has 0 saturated carbocycles. The van der Waals surface area contributed by atoms with Crippen molar-refractivity contribution in [1.29, 1.82) is 5.26 Å². The van der Waals surface area contributed by atoms with E-state index in [-0.39, 0.29) is 6.54 Å². The topological polar surface area (TPSA) is 70.0 Å². The first kappa shape index (κ1) is 13.7. The molecule has 1 aromatic rings. The van der Waals surface area contributed by atoms with E-state index in [2.05, 4.69) is 5.32 Å². The predicted molar refractivity (Wildman–Crippen MR) is 66.1 cm³/mol. The Labute approximate surface area is 102 Å². The Balaban J connectivity index is 2.79. The first-order valence-electron chi connectivity index (χ1n) is 5.39. The summed E-state index contributed by atoms with van der Waals surface area (Å²) in [5, 5.41) is 10.9. The number of sulfone groups is 1. The summed E-state index contributed by atoms with van der Waals surface area (Å²) in [6.45, 7) is 4.18. The number of nitrogens with zero attached hydrogens (tertiary/aromatic N) is 1. The maximum atomic E-state index is 11.8. The number of hydrogen-bond acceptors (Lipinski definition) is 4. The third-order valence-electron chi connectivity index (χ3n) is 2.41. The van der Waals surface area contributed by atoms with Crippen LogP contribution in [0.1, 0.15) is 19.4 Å². The quantitative estimate of drug-likeness (QED) is 0.636. The van der Waals surface area contributed by atoms with Crippen molar-refractivity contribution in [2.45, 2.75) is 30.5 Å². The highest BCUT2D eigenvalue weighted by molar-refractivity contribution is 7.92. The average Bonchev–Trinajstić information content (AvgIpc) is 2.30. The number of nitrogens with one attached hydrogen (secondary N) is 1. The van der Waals surface area contributed by atoms with Crippen molar-refractivity contribution in [3.8, 4) is 6.07 Å². The molecule has 1 rings (SSSR count). The van der Waals surface area contributed by atoms with Gasteiger partial charge in [0, 0.05) is 6.54 Å². The van der Waals surface area contributed by atoms with E-state index in [4.69, 9.17) is 5.26 Å². The van der Waals surface area contributed by atoms with Crippen LogP contribution in [0.5, 0.6) is 0 Å². The highest BCUT2D eigenvalue weighted by atomic mass is 32.2. The normalized spacial score (nSPS) is 11.4. The van der Waals surface area contributed by atoms with E-state index in [1.54, 1.807) is 38.1 Å². The van der Waals surface area contributed by atoms with Gasteiger partial charge in [-0.25, -0.2) is 8.42 Å². The minimum absolute atomic E-state index is 0.284. The molecule has 0 saturated heterocycles.